The highest BCUT2D eigenvalue weighted by molar-refractivity contribution is 4.47. The molecule has 0 amide bonds. The summed E-state index contributed by atoms with van der Waals surface area (Å²) in [6.07, 6.45) is 13.5. The van der Waals surface area contributed by atoms with Crippen LogP contribution in [-0.4, -0.2) is 118 Å². The number of hydrogen-bond acceptors (Lipinski definition) is 8. The molecule has 0 heterocycles. The van der Waals surface area contributed by atoms with E-state index in [1.165, 1.54) is 57.8 Å². The molecular weight excluding hydrogens is 462 g/mol. The minimum absolute atomic E-state index is 0.559. The Morgan fingerprint density at radius 1 is 0.333 bits per heavy atom. The van der Waals surface area contributed by atoms with Crippen LogP contribution in [0.2, 0.25) is 0 Å². The molecule has 0 rings (SSSR count). The molecule has 0 unspecified atom stereocenters. The first-order valence-electron chi connectivity index (χ1n) is 14.5. The number of likely N-dealkylation sites (N-methyl/N-ethyl adjacent to an activating group) is 1. The summed E-state index contributed by atoms with van der Waals surface area (Å²) in [6.45, 7) is 11.8. The number of ether oxygens (including phenoxy) is 7. The third kappa shape index (κ3) is 33.7. The van der Waals surface area contributed by atoms with E-state index in [0.29, 0.717) is 79.3 Å². The summed E-state index contributed by atoms with van der Waals surface area (Å²) in [7, 11) is 4.06. The maximum Gasteiger partial charge on any atom is 0.0701 e. The Bertz CT molecular complexity index is 389. The molecule has 0 aliphatic heterocycles. The molecule has 0 saturated carbocycles. The van der Waals surface area contributed by atoms with Gasteiger partial charge < -0.3 is 38.1 Å². The van der Waals surface area contributed by atoms with Crippen molar-refractivity contribution in [2.75, 3.05) is 113 Å². The van der Waals surface area contributed by atoms with Crippen LogP contribution in [-0.2, 0) is 33.2 Å². The molecular formula is C28H59NO7. The van der Waals surface area contributed by atoms with Crippen molar-refractivity contribution in [2.24, 2.45) is 0 Å². The average Bonchev–Trinajstić information content (AvgIpc) is 2.87. The lowest BCUT2D eigenvalue weighted by molar-refractivity contribution is -0.0208. The van der Waals surface area contributed by atoms with Gasteiger partial charge in [0.15, 0.2) is 0 Å². The van der Waals surface area contributed by atoms with Gasteiger partial charge in [0, 0.05) is 13.2 Å². The molecule has 0 radical (unpaired) electrons. The van der Waals surface area contributed by atoms with Crippen molar-refractivity contribution in [1.82, 2.24) is 4.90 Å². The Labute approximate surface area is 222 Å². The summed E-state index contributed by atoms with van der Waals surface area (Å²) in [6, 6.07) is 0. The number of nitrogens with zero attached hydrogens (tertiary/aromatic N) is 1. The lowest BCUT2D eigenvalue weighted by Gasteiger charge is -2.10. The van der Waals surface area contributed by atoms with Crippen molar-refractivity contribution in [1.29, 1.82) is 0 Å². The van der Waals surface area contributed by atoms with E-state index in [-0.39, 0.29) is 0 Å². The Balaban J connectivity index is 3.01. The smallest absolute Gasteiger partial charge is 0.0701 e. The molecule has 0 aliphatic rings. The largest absolute Gasteiger partial charge is 0.379 e. The second kappa shape index (κ2) is 32.7. The zero-order valence-electron chi connectivity index (χ0n) is 24.0. The van der Waals surface area contributed by atoms with E-state index < -0.39 is 0 Å². The van der Waals surface area contributed by atoms with Crippen LogP contribution in [0.25, 0.3) is 0 Å². The second-order valence-electron chi connectivity index (χ2n) is 9.27. The minimum Gasteiger partial charge on any atom is -0.379 e. The minimum atomic E-state index is 0.559. The van der Waals surface area contributed by atoms with E-state index in [0.717, 1.165) is 26.2 Å². The fraction of sp³-hybridized carbons (Fsp3) is 1.00. The lowest BCUT2D eigenvalue weighted by atomic mass is 10.1. The van der Waals surface area contributed by atoms with Gasteiger partial charge in [-0.15, -0.1) is 0 Å². The molecule has 0 saturated heterocycles. The van der Waals surface area contributed by atoms with E-state index in [4.69, 9.17) is 33.2 Å². The molecule has 0 aromatic heterocycles. The van der Waals surface area contributed by atoms with Crippen molar-refractivity contribution in [3.05, 3.63) is 0 Å². The van der Waals surface area contributed by atoms with Gasteiger partial charge in [-0.05, 0) is 20.5 Å². The van der Waals surface area contributed by atoms with Gasteiger partial charge >= 0.3 is 0 Å². The van der Waals surface area contributed by atoms with Crippen LogP contribution in [0.15, 0.2) is 0 Å². The van der Waals surface area contributed by atoms with Crippen molar-refractivity contribution >= 4 is 0 Å². The van der Waals surface area contributed by atoms with Gasteiger partial charge in [0.2, 0.25) is 0 Å². The van der Waals surface area contributed by atoms with Crippen LogP contribution in [0.5, 0.6) is 0 Å². The Hall–Kier alpha value is -0.320. The molecule has 0 aromatic carbocycles. The van der Waals surface area contributed by atoms with Crippen LogP contribution in [0.1, 0.15) is 71.1 Å². The van der Waals surface area contributed by atoms with E-state index in [2.05, 4.69) is 11.8 Å². The van der Waals surface area contributed by atoms with Gasteiger partial charge in [-0.3, -0.25) is 0 Å². The summed E-state index contributed by atoms with van der Waals surface area (Å²) in [5.41, 5.74) is 0. The highest BCUT2D eigenvalue weighted by Crippen LogP contribution is 2.10. The van der Waals surface area contributed by atoms with Gasteiger partial charge in [0.25, 0.3) is 0 Å². The fourth-order valence-electron chi connectivity index (χ4n) is 3.36. The van der Waals surface area contributed by atoms with Gasteiger partial charge in [-0.2, -0.15) is 0 Å². The fourth-order valence-corrected chi connectivity index (χ4v) is 3.36. The zero-order chi connectivity index (χ0) is 26.2. The van der Waals surface area contributed by atoms with Crippen LogP contribution in [0, 0.1) is 0 Å². The Morgan fingerprint density at radius 3 is 0.944 bits per heavy atom. The molecule has 0 aliphatic carbocycles. The normalized spacial score (nSPS) is 11.7. The van der Waals surface area contributed by atoms with Gasteiger partial charge in [-0.1, -0.05) is 64.7 Å². The van der Waals surface area contributed by atoms with Crippen LogP contribution in [0.3, 0.4) is 0 Å². The van der Waals surface area contributed by atoms with Crippen molar-refractivity contribution in [3.63, 3.8) is 0 Å². The monoisotopic (exact) mass is 521 g/mol. The third-order valence-corrected chi connectivity index (χ3v) is 5.56. The Morgan fingerprint density at radius 2 is 0.611 bits per heavy atom. The summed E-state index contributed by atoms with van der Waals surface area (Å²) in [5, 5.41) is 0. The summed E-state index contributed by atoms with van der Waals surface area (Å²) >= 11 is 0. The van der Waals surface area contributed by atoms with Gasteiger partial charge in [0.05, 0.1) is 85.9 Å². The molecule has 0 atom stereocenters. The number of rotatable bonds is 32. The molecule has 36 heavy (non-hydrogen) atoms. The molecule has 8 heteroatoms. The predicted octanol–water partition coefficient (Wildman–Crippen LogP) is 4.59. The van der Waals surface area contributed by atoms with Gasteiger partial charge in [-0.25, -0.2) is 0 Å². The molecule has 0 fully saturated rings. The SMILES string of the molecule is CCCCCCCCCCCCOCCOCCOCCOCCOCCOCCOCCN(C)C. The van der Waals surface area contributed by atoms with E-state index in [1.54, 1.807) is 0 Å². The Kier molecular flexibility index (Phi) is 32.4. The average molecular weight is 522 g/mol. The topological polar surface area (TPSA) is 67.9 Å². The summed E-state index contributed by atoms with van der Waals surface area (Å²) < 4.78 is 38.5. The maximum absolute atomic E-state index is 5.63. The molecule has 0 spiro atoms. The summed E-state index contributed by atoms with van der Waals surface area (Å²) in [4.78, 5) is 2.09. The quantitative estimate of drug-likeness (QED) is 0.119. The van der Waals surface area contributed by atoms with E-state index in [1.807, 2.05) is 14.1 Å². The van der Waals surface area contributed by atoms with E-state index >= 15 is 0 Å². The summed E-state index contributed by atoms with van der Waals surface area (Å²) in [5.74, 6) is 0. The van der Waals surface area contributed by atoms with Crippen LogP contribution in [0.4, 0.5) is 0 Å². The van der Waals surface area contributed by atoms with Crippen LogP contribution >= 0.6 is 0 Å². The molecule has 0 aromatic rings. The maximum atomic E-state index is 5.63. The highest BCUT2D eigenvalue weighted by atomic mass is 16.6. The van der Waals surface area contributed by atoms with Crippen molar-refractivity contribution in [2.45, 2.75) is 71.1 Å². The van der Waals surface area contributed by atoms with Crippen LogP contribution < -0.4 is 0 Å². The predicted molar refractivity (Wildman–Crippen MR) is 146 cm³/mol. The molecule has 0 bridgehead atoms. The highest BCUT2D eigenvalue weighted by Gasteiger charge is 1.96. The first kappa shape index (κ1) is 35.7. The first-order valence-corrected chi connectivity index (χ1v) is 14.5. The molecule has 0 N–H and O–H groups in total. The molecule has 8 nitrogen and oxygen atoms in total. The van der Waals surface area contributed by atoms with Gasteiger partial charge in [0.1, 0.15) is 0 Å². The van der Waals surface area contributed by atoms with Crippen molar-refractivity contribution in [3.8, 4) is 0 Å². The number of hydrogen-bond donors (Lipinski definition) is 0. The molecule has 218 valence electrons. The zero-order valence-corrected chi connectivity index (χ0v) is 24.0. The third-order valence-electron chi connectivity index (χ3n) is 5.56. The first-order chi connectivity index (χ1) is 17.8. The lowest BCUT2D eigenvalue weighted by Crippen LogP contribution is -2.19. The van der Waals surface area contributed by atoms with Crippen molar-refractivity contribution < 1.29 is 33.2 Å². The van der Waals surface area contributed by atoms with E-state index in [9.17, 15) is 0 Å². The number of unbranched alkanes of at least 4 members (excludes halogenated alkanes) is 9. The second-order valence-corrected chi connectivity index (χ2v) is 9.27. The standard InChI is InChI=1S/C28H59NO7/c1-4-5-6-7-8-9-10-11-12-13-15-30-17-19-32-21-23-34-25-27-36-28-26-35-24-22-33-20-18-31-16-14-29(2)3/h4-28H2,1-3H3.